The quantitative estimate of drug-likeness (QED) is 0.414. The zero-order valence-electron chi connectivity index (χ0n) is 19.3. The van der Waals surface area contributed by atoms with E-state index in [0.29, 0.717) is 46.5 Å². The van der Waals surface area contributed by atoms with Gasteiger partial charge < -0.3 is 10.1 Å². The summed E-state index contributed by atoms with van der Waals surface area (Å²) >= 11 is 0. The van der Waals surface area contributed by atoms with E-state index in [0.717, 1.165) is 17.3 Å². The zero-order chi connectivity index (χ0) is 24.2. The average Bonchev–Trinajstić information content (AvgIpc) is 3.22. The number of pyridine rings is 1. The predicted octanol–water partition coefficient (Wildman–Crippen LogP) is 5.19. The van der Waals surface area contributed by atoms with Crippen molar-refractivity contribution in [1.82, 2.24) is 20.2 Å². The highest BCUT2D eigenvalue weighted by Gasteiger charge is 2.16. The normalized spacial score (nSPS) is 10.9. The van der Waals surface area contributed by atoms with Crippen molar-refractivity contribution < 1.29 is 19.1 Å². The van der Waals surface area contributed by atoms with Gasteiger partial charge in [-0.15, -0.1) is 0 Å². The molecular weight excluding hydrogens is 432 g/mol. The zero-order valence-corrected chi connectivity index (χ0v) is 19.3. The fourth-order valence-corrected chi connectivity index (χ4v) is 3.84. The van der Waals surface area contributed by atoms with E-state index in [4.69, 9.17) is 4.74 Å². The standard InChI is InChI=1S/C26H26N4O4/c1-4-6-24(31)30-12-10-17-14-18(7-8-22(17)30)34-23-9-11-28-21-13-16(3)19(15-20(21)23)25(32)29-26(33)27-5-2/h7-15H,4-6H2,1-3H3,(H2,27,29,32,33). The minimum atomic E-state index is -0.549. The van der Waals surface area contributed by atoms with Gasteiger partial charge in [0.15, 0.2) is 0 Å². The lowest BCUT2D eigenvalue weighted by Gasteiger charge is -2.12. The van der Waals surface area contributed by atoms with Gasteiger partial charge in [0, 0.05) is 41.7 Å². The number of hydrogen-bond donors (Lipinski definition) is 2. The van der Waals surface area contributed by atoms with Crippen LogP contribution in [0.15, 0.2) is 54.9 Å². The van der Waals surface area contributed by atoms with Crippen LogP contribution in [-0.2, 0) is 0 Å². The average molecular weight is 459 g/mol. The number of carbonyl (C=O) groups is 3. The van der Waals surface area contributed by atoms with Crippen molar-refractivity contribution in [3.05, 3.63) is 66.0 Å². The molecule has 0 saturated carbocycles. The fourth-order valence-electron chi connectivity index (χ4n) is 3.84. The summed E-state index contributed by atoms with van der Waals surface area (Å²) in [5.74, 6) is 0.673. The van der Waals surface area contributed by atoms with Gasteiger partial charge in [-0.3, -0.25) is 24.5 Å². The van der Waals surface area contributed by atoms with E-state index < -0.39 is 11.9 Å². The number of urea groups is 1. The molecular formula is C26H26N4O4. The largest absolute Gasteiger partial charge is 0.457 e. The van der Waals surface area contributed by atoms with E-state index in [-0.39, 0.29) is 5.91 Å². The molecule has 0 aliphatic rings. The Bertz CT molecular complexity index is 1410. The number of nitrogens with one attached hydrogen (secondary N) is 2. The van der Waals surface area contributed by atoms with Crippen molar-refractivity contribution >= 4 is 39.7 Å². The van der Waals surface area contributed by atoms with Crippen molar-refractivity contribution in [3.8, 4) is 11.5 Å². The molecule has 2 heterocycles. The molecule has 3 amide bonds. The highest BCUT2D eigenvalue weighted by atomic mass is 16.5. The Kier molecular flexibility index (Phi) is 6.58. The van der Waals surface area contributed by atoms with Crippen LogP contribution >= 0.6 is 0 Å². The molecule has 0 atom stereocenters. The van der Waals surface area contributed by atoms with Crippen LogP contribution in [0.3, 0.4) is 0 Å². The molecule has 0 radical (unpaired) electrons. The first-order valence-corrected chi connectivity index (χ1v) is 11.2. The number of ether oxygens (including phenoxy) is 1. The highest BCUT2D eigenvalue weighted by Crippen LogP contribution is 2.32. The van der Waals surface area contributed by atoms with E-state index in [1.54, 1.807) is 55.1 Å². The third-order valence-electron chi connectivity index (χ3n) is 5.48. The lowest BCUT2D eigenvalue weighted by Crippen LogP contribution is -2.39. The second-order valence-electron chi connectivity index (χ2n) is 7.96. The number of nitrogens with zero attached hydrogens (tertiary/aromatic N) is 2. The number of amides is 3. The molecule has 4 rings (SSSR count). The van der Waals surface area contributed by atoms with Crippen LogP contribution in [0.1, 0.15) is 47.4 Å². The molecule has 0 saturated heterocycles. The van der Waals surface area contributed by atoms with Crippen LogP contribution in [-0.4, -0.2) is 33.9 Å². The molecule has 8 heteroatoms. The minimum Gasteiger partial charge on any atom is -0.457 e. The summed E-state index contributed by atoms with van der Waals surface area (Å²) in [6.07, 6.45) is 4.69. The summed E-state index contributed by atoms with van der Waals surface area (Å²) in [4.78, 5) is 41.2. The maximum Gasteiger partial charge on any atom is 0.321 e. The van der Waals surface area contributed by atoms with Gasteiger partial charge in [0.2, 0.25) is 5.91 Å². The Morgan fingerprint density at radius 2 is 1.88 bits per heavy atom. The molecule has 2 N–H and O–H groups in total. The Hall–Kier alpha value is -4.20. The molecule has 0 spiro atoms. The molecule has 4 aromatic rings. The van der Waals surface area contributed by atoms with E-state index in [1.807, 2.05) is 25.1 Å². The van der Waals surface area contributed by atoms with Crippen molar-refractivity contribution in [1.29, 1.82) is 0 Å². The van der Waals surface area contributed by atoms with E-state index in [9.17, 15) is 14.4 Å². The van der Waals surface area contributed by atoms with Crippen LogP contribution in [0.25, 0.3) is 21.8 Å². The SMILES string of the molecule is CCCC(=O)n1ccc2cc(Oc3ccnc4cc(C)c(C(=O)NC(=O)NCC)cc34)ccc21. The molecule has 0 aliphatic heterocycles. The van der Waals surface area contributed by atoms with E-state index in [1.165, 1.54) is 0 Å². The van der Waals surface area contributed by atoms with Gasteiger partial charge >= 0.3 is 6.03 Å². The molecule has 174 valence electrons. The molecule has 0 aliphatic carbocycles. The van der Waals surface area contributed by atoms with Crippen LogP contribution < -0.4 is 15.4 Å². The first kappa shape index (κ1) is 23.0. The molecule has 0 fully saturated rings. The predicted molar refractivity (Wildman–Crippen MR) is 131 cm³/mol. The third kappa shape index (κ3) is 4.61. The lowest BCUT2D eigenvalue weighted by atomic mass is 10.0. The van der Waals surface area contributed by atoms with Crippen LogP contribution in [0.2, 0.25) is 0 Å². The first-order chi connectivity index (χ1) is 16.4. The molecule has 0 bridgehead atoms. The number of benzene rings is 2. The smallest absolute Gasteiger partial charge is 0.321 e. The molecule has 2 aromatic carbocycles. The van der Waals surface area contributed by atoms with Crippen LogP contribution in [0.4, 0.5) is 4.79 Å². The number of imide groups is 1. The van der Waals surface area contributed by atoms with E-state index in [2.05, 4.69) is 15.6 Å². The number of rotatable bonds is 6. The lowest BCUT2D eigenvalue weighted by molar-refractivity contribution is 0.0905. The number of fused-ring (bicyclic) bond motifs is 2. The summed E-state index contributed by atoms with van der Waals surface area (Å²) in [6.45, 7) is 5.96. The van der Waals surface area contributed by atoms with Gasteiger partial charge in [-0.05, 0) is 68.3 Å². The number of hydrogen-bond acceptors (Lipinski definition) is 5. The summed E-state index contributed by atoms with van der Waals surface area (Å²) in [7, 11) is 0. The molecule has 2 aromatic heterocycles. The van der Waals surface area contributed by atoms with Crippen molar-refractivity contribution in [2.75, 3.05) is 6.54 Å². The van der Waals surface area contributed by atoms with Crippen LogP contribution in [0.5, 0.6) is 11.5 Å². The number of carbonyl (C=O) groups excluding carboxylic acids is 3. The van der Waals surface area contributed by atoms with Gasteiger partial charge in [-0.1, -0.05) is 6.92 Å². The summed E-state index contributed by atoms with van der Waals surface area (Å²) in [5.41, 5.74) is 2.55. The van der Waals surface area contributed by atoms with E-state index >= 15 is 0 Å². The van der Waals surface area contributed by atoms with Gasteiger partial charge in [-0.2, -0.15) is 0 Å². The van der Waals surface area contributed by atoms with Crippen molar-refractivity contribution in [2.45, 2.75) is 33.6 Å². The Morgan fingerprint density at radius 1 is 1.06 bits per heavy atom. The highest BCUT2D eigenvalue weighted by molar-refractivity contribution is 6.07. The monoisotopic (exact) mass is 458 g/mol. The Morgan fingerprint density at radius 3 is 2.65 bits per heavy atom. The maximum absolute atomic E-state index is 12.7. The summed E-state index contributed by atoms with van der Waals surface area (Å²) < 4.78 is 7.83. The number of aryl methyl sites for hydroxylation is 1. The summed E-state index contributed by atoms with van der Waals surface area (Å²) in [5, 5.41) is 6.41. The topological polar surface area (TPSA) is 102 Å². The van der Waals surface area contributed by atoms with Gasteiger partial charge in [0.1, 0.15) is 11.5 Å². The second-order valence-corrected chi connectivity index (χ2v) is 7.96. The van der Waals surface area contributed by atoms with Gasteiger partial charge in [0.25, 0.3) is 5.91 Å². The Labute approximate surface area is 196 Å². The molecule has 34 heavy (non-hydrogen) atoms. The van der Waals surface area contributed by atoms with Crippen molar-refractivity contribution in [2.24, 2.45) is 0 Å². The first-order valence-electron chi connectivity index (χ1n) is 11.2. The van der Waals surface area contributed by atoms with Gasteiger partial charge in [-0.25, -0.2) is 4.79 Å². The fraction of sp³-hybridized carbons (Fsp3) is 0.231. The third-order valence-corrected chi connectivity index (χ3v) is 5.48. The van der Waals surface area contributed by atoms with Gasteiger partial charge in [0.05, 0.1) is 11.0 Å². The van der Waals surface area contributed by atoms with Crippen LogP contribution in [0, 0.1) is 6.92 Å². The second kappa shape index (κ2) is 9.74. The number of aromatic nitrogens is 2. The minimum absolute atomic E-state index is 0.0556. The summed E-state index contributed by atoms with van der Waals surface area (Å²) in [6, 6.07) is 12.1. The Balaban J connectivity index is 1.66. The maximum atomic E-state index is 12.7. The van der Waals surface area contributed by atoms with Crippen molar-refractivity contribution in [3.63, 3.8) is 0 Å². The molecule has 8 nitrogen and oxygen atoms in total. The molecule has 0 unspecified atom stereocenters.